The van der Waals surface area contributed by atoms with Crippen molar-refractivity contribution in [3.05, 3.63) is 66.1 Å². The zero-order valence-corrected chi connectivity index (χ0v) is 10.9. The normalized spacial score (nSPS) is 10.6. The molecule has 0 bridgehead atoms. The number of fused-ring (bicyclic) bond motifs is 1. The number of H-pyrrole nitrogens is 1. The van der Waals surface area contributed by atoms with E-state index in [2.05, 4.69) is 21.4 Å². The number of hydrogen-bond acceptors (Lipinski definition) is 2. The maximum Gasteiger partial charge on any atom is 0.251 e. The molecule has 0 saturated heterocycles. The Morgan fingerprint density at radius 2 is 2.25 bits per heavy atom. The quantitative estimate of drug-likeness (QED) is 0.760. The summed E-state index contributed by atoms with van der Waals surface area (Å²) < 4.78 is 0. The van der Waals surface area contributed by atoms with Crippen molar-refractivity contribution in [1.82, 2.24) is 15.3 Å². The lowest BCUT2D eigenvalue weighted by molar-refractivity contribution is 0.0954. The van der Waals surface area contributed by atoms with E-state index < -0.39 is 0 Å². The standard InChI is InChI=1S/C16H14N3O/c20-16(19-10-7-14-3-1-2-8-17-14)13-5-4-12-6-9-18-15(12)11-13/h1-5,8-9,11,18H,7,10H2,(H,19,20). The van der Waals surface area contributed by atoms with Crippen LogP contribution in [0, 0.1) is 6.07 Å². The van der Waals surface area contributed by atoms with E-state index in [9.17, 15) is 4.79 Å². The van der Waals surface area contributed by atoms with Gasteiger partial charge in [-0.2, -0.15) is 0 Å². The molecule has 3 aromatic rings. The SMILES string of the molecule is O=C(NCCc1ccccn1)c1ccc2[c]c[nH]c2c1. The highest BCUT2D eigenvalue weighted by molar-refractivity contribution is 5.97. The van der Waals surface area contributed by atoms with Crippen molar-refractivity contribution in [3.63, 3.8) is 0 Å². The molecule has 4 heteroatoms. The van der Waals surface area contributed by atoms with Crippen molar-refractivity contribution < 1.29 is 4.79 Å². The number of amides is 1. The van der Waals surface area contributed by atoms with E-state index in [1.54, 1.807) is 12.4 Å². The second-order valence-electron chi connectivity index (χ2n) is 4.52. The Morgan fingerprint density at radius 3 is 3.10 bits per heavy atom. The Labute approximate surface area is 116 Å². The Kier molecular flexibility index (Phi) is 3.46. The second kappa shape index (κ2) is 5.57. The topological polar surface area (TPSA) is 57.8 Å². The van der Waals surface area contributed by atoms with Crippen LogP contribution in [0.1, 0.15) is 16.1 Å². The van der Waals surface area contributed by atoms with E-state index in [4.69, 9.17) is 0 Å². The predicted octanol–water partition coefficient (Wildman–Crippen LogP) is 2.34. The first-order valence-electron chi connectivity index (χ1n) is 6.50. The van der Waals surface area contributed by atoms with Gasteiger partial charge in [0.05, 0.1) is 0 Å². The summed E-state index contributed by atoms with van der Waals surface area (Å²) in [5.74, 6) is -0.0718. The number of carbonyl (C=O) groups is 1. The molecule has 1 amide bonds. The summed E-state index contributed by atoms with van der Waals surface area (Å²) in [6.07, 6.45) is 4.23. The van der Waals surface area contributed by atoms with Crippen LogP contribution < -0.4 is 5.32 Å². The molecule has 2 heterocycles. The van der Waals surface area contributed by atoms with Crippen LogP contribution in [0.5, 0.6) is 0 Å². The van der Waals surface area contributed by atoms with E-state index >= 15 is 0 Å². The maximum absolute atomic E-state index is 12.0. The lowest BCUT2D eigenvalue weighted by atomic mass is 10.1. The molecular formula is C16H14N3O. The molecule has 0 aliphatic heterocycles. The molecule has 0 spiro atoms. The average Bonchev–Trinajstić information content (AvgIpc) is 2.95. The van der Waals surface area contributed by atoms with Gasteiger partial charge in [-0.15, -0.1) is 0 Å². The highest BCUT2D eigenvalue weighted by Gasteiger charge is 2.06. The zero-order chi connectivity index (χ0) is 13.8. The molecule has 3 rings (SSSR count). The fourth-order valence-electron chi connectivity index (χ4n) is 2.07. The van der Waals surface area contributed by atoms with Gasteiger partial charge in [-0.25, -0.2) is 0 Å². The minimum atomic E-state index is -0.0718. The van der Waals surface area contributed by atoms with Crippen molar-refractivity contribution in [1.29, 1.82) is 0 Å². The highest BCUT2D eigenvalue weighted by atomic mass is 16.1. The minimum Gasteiger partial charge on any atom is -0.361 e. The largest absolute Gasteiger partial charge is 0.361 e. The van der Waals surface area contributed by atoms with Crippen LogP contribution in [-0.4, -0.2) is 22.4 Å². The first-order chi connectivity index (χ1) is 9.83. The molecule has 2 N–H and O–H groups in total. The van der Waals surface area contributed by atoms with Crippen LogP contribution in [0.4, 0.5) is 0 Å². The molecule has 1 aromatic carbocycles. The van der Waals surface area contributed by atoms with Gasteiger partial charge in [0.1, 0.15) is 0 Å². The molecule has 20 heavy (non-hydrogen) atoms. The van der Waals surface area contributed by atoms with Gasteiger partial charge in [-0.1, -0.05) is 12.1 Å². The van der Waals surface area contributed by atoms with Crippen molar-refractivity contribution in [2.75, 3.05) is 6.54 Å². The summed E-state index contributed by atoms with van der Waals surface area (Å²) in [6, 6.07) is 14.4. The lowest BCUT2D eigenvalue weighted by Crippen LogP contribution is -2.25. The third kappa shape index (κ3) is 2.69. The van der Waals surface area contributed by atoms with Crippen LogP contribution >= 0.6 is 0 Å². The lowest BCUT2D eigenvalue weighted by Gasteiger charge is -2.05. The summed E-state index contributed by atoms with van der Waals surface area (Å²) in [5, 5.41) is 3.88. The summed E-state index contributed by atoms with van der Waals surface area (Å²) in [4.78, 5) is 19.3. The Bertz CT molecular complexity index is 719. The molecule has 0 fully saturated rings. The van der Waals surface area contributed by atoms with Gasteiger partial charge in [0.15, 0.2) is 0 Å². The predicted molar refractivity (Wildman–Crippen MR) is 77.4 cm³/mol. The van der Waals surface area contributed by atoms with E-state index in [-0.39, 0.29) is 5.91 Å². The summed E-state index contributed by atoms with van der Waals surface area (Å²) in [7, 11) is 0. The first-order valence-corrected chi connectivity index (χ1v) is 6.50. The van der Waals surface area contributed by atoms with Crippen LogP contribution in [-0.2, 0) is 6.42 Å². The summed E-state index contributed by atoms with van der Waals surface area (Å²) >= 11 is 0. The van der Waals surface area contributed by atoms with Crippen molar-refractivity contribution in [3.8, 4) is 0 Å². The zero-order valence-electron chi connectivity index (χ0n) is 10.9. The van der Waals surface area contributed by atoms with Crippen molar-refractivity contribution in [2.45, 2.75) is 6.42 Å². The van der Waals surface area contributed by atoms with E-state index in [0.29, 0.717) is 12.1 Å². The van der Waals surface area contributed by atoms with Crippen LogP contribution in [0.3, 0.4) is 0 Å². The minimum absolute atomic E-state index is 0.0718. The molecular weight excluding hydrogens is 250 g/mol. The van der Waals surface area contributed by atoms with E-state index in [1.807, 2.05) is 36.4 Å². The Balaban J connectivity index is 1.61. The number of aromatic amines is 1. The summed E-state index contributed by atoms with van der Waals surface area (Å²) in [6.45, 7) is 0.574. The molecule has 0 saturated carbocycles. The van der Waals surface area contributed by atoms with E-state index in [0.717, 1.165) is 23.0 Å². The van der Waals surface area contributed by atoms with Gasteiger partial charge in [0.2, 0.25) is 0 Å². The molecule has 2 aromatic heterocycles. The summed E-state index contributed by atoms with van der Waals surface area (Å²) in [5.41, 5.74) is 2.54. The number of nitrogens with zero attached hydrogens (tertiary/aromatic N) is 1. The second-order valence-corrected chi connectivity index (χ2v) is 4.52. The van der Waals surface area contributed by atoms with Crippen LogP contribution in [0.15, 0.2) is 48.8 Å². The van der Waals surface area contributed by atoms with Gasteiger partial charge in [0, 0.05) is 53.6 Å². The van der Waals surface area contributed by atoms with Gasteiger partial charge in [-0.3, -0.25) is 9.78 Å². The third-order valence-electron chi connectivity index (χ3n) is 3.13. The van der Waals surface area contributed by atoms with E-state index in [1.165, 1.54) is 0 Å². The first kappa shape index (κ1) is 12.4. The van der Waals surface area contributed by atoms with Gasteiger partial charge in [-0.05, 0) is 24.3 Å². The van der Waals surface area contributed by atoms with Crippen molar-refractivity contribution >= 4 is 16.8 Å². The smallest absolute Gasteiger partial charge is 0.251 e. The molecule has 4 nitrogen and oxygen atoms in total. The van der Waals surface area contributed by atoms with Gasteiger partial charge < -0.3 is 10.3 Å². The Hall–Kier alpha value is -2.62. The third-order valence-corrected chi connectivity index (χ3v) is 3.13. The number of nitrogens with one attached hydrogen (secondary N) is 2. The average molecular weight is 264 g/mol. The van der Waals surface area contributed by atoms with Crippen molar-refractivity contribution in [2.24, 2.45) is 0 Å². The monoisotopic (exact) mass is 264 g/mol. The fraction of sp³-hybridized carbons (Fsp3) is 0.125. The molecule has 0 aliphatic carbocycles. The molecule has 99 valence electrons. The number of rotatable bonds is 4. The van der Waals surface area contributed by atoms with Crippen LogP contribution in [0.2, 0.25) is 0 Å². The molecule has 0 atom stereocenters. The number of benzene rings is 1. The maximum atomic E-state index is 12.0. The number of aromatic nitrogens is 2. The fourth-order valence-corrected chi connectivity index (χ4v) is 2.07. The highest BCUT2D eigenvalue weighted by Crippen LogP contribution is 2.13. The molecule has 1 radical (unpaired) electrons. The number of carbonyl (C=O) groups excluding carboxylic acids is 1. The molecule has 0 aliphatic rings. The van der Waals surface area contributed by atoms with Gasteiger partial charge in [0.25, 0.3) is 5.91 Å². The molecule has 0 unspecified atom stereocenters. The Morgan fingerprint density at radius 1 is 1.30 bits per heavy atom. The van der Waals surface area contributed by atoms with Crippen LogP contribution in [0.25, 0.3) is 10.9 Å². The number of hydrogen-bond donors (Lipinski definition) is 2. The van der Waals surface area contributed by atoms with Gasteiger partial charge >= 0.3 is 0 Å². The number of pyridine rings is 1.